The number of rotatable bonds is 3. The zero-order chi connectivity index (χ0) is 11.7. The first-order chi connectivity index (χ1) is 7.29. The fourth-order valence-electron chi connectivity index (χ4n) is 2.18. The van der Waals surface area contributed by atoms with Crippen molar-refractivity contribution in [1.82, 2.24) is 0 Å². The smallest absolute Gasteiger partial charge is 0.0160 e. The molecule has 0 nitrogen and oxygen atoms in total. The fraction of sp³-hybridized carbons (Fsp3) is 0.600. The molecule has 0 amide bonds. The van der Waals surface area contributed by atoms with Crippen molar-refractivity contribution in [1.29, 1.82) is 0 Å². The Morgan fingerprint density at radius 1 is 1.00 bits per heavy atom. The van der Waals surface area contributed by atoms with E-state index in [1.54, 1.807) is 0 Å². The van der Waals surface area contributed by atoms with Crippen LogP contribution >= 0.6 is 0 Å². The second-order valence-electron chi connectivity index (χ2n) is 3.88. The van der Waals surface area contributed by atoms with Crippen molar-refractivity contribution in [2.24, 2.45) is 5.92 Å². The van der Waals surface area contributed by atoms with E-state index in [4.69, 9.17) is 0 Å². The maximum atomic E-state index is 3.90. The Morgan fingerprint density at radius 2 is 1.53 bits per heavy atom. The van der Waals surface area contributed by atoms with Crippen LogP contribution < -0.4 is 0 Å². The van der Waals surface area contributed by atoms with Gasteiger partial charge in [-0.15, -0.1) is 0 Å². The van der Waals surface area contributed by atoms with Crippen molar-refractivity contribution in [2.75, 3.05) is 0 Å². The molecule has 1 saturated carbocycles. The van der Waals surface area contributed by atoms with Gasteiger partial charge in [0, 0.05) is 0 Å². The minimum absolute atomic E-state index is 0.754. The van der Waals surface area contributed by atoms with Gasteiger partial charge in [0.1, 0.15) is 0 Å². The fourth-order valence-corrected chi connectivity index (χ4v) is 2.18. The first-order valence-electron chi connectivity index (χ1n) is 6.25. The molecular formula is C15H26. The third kappa shape index (κ3) is 4.51. The predicted molar refractivity (Wildman–Crippen MR) is 71.0 cm³/mol. The van der Waals surface area contributed by atoms with Crippen molar-refractivity contribution >= 4 is 0 Å². The topological polar surface area (TPSA) is 0 Å². The first-order valence-corrected chi connectivity index (χ1v) is 6.25. The van der Waals surface area contributed by atoms with E-state index in [1.807, 2.05) is 26.0 Å². The van der Waals surface area contributed by atoms with Gasteiger partial charge < -0.3 is 0 Å². The van der Waals surface area contributed by atoms with E-state index >= 15 is 0 Å². The highest BCUT2D eigenvalue weighted by Gasteiger charge is 2.16. The second kappa shape index (κ2) is 8.52. The van der Waals surface area contributed by atoms with E-state index in [2.05, 4.69) is 20.1 Å². The van der Waals surface area contributed by atoms with Crippen LogP contribution in [0.1, 0.15) is 52.9 Å². The van der Waals surface area contributed by atoms with Gasteiger partial charge in [0.15, 0.2) is 0 Å². The van der Waals surface area contributed by atoms with Gasteiger partial charge in [-0.25, -0.2) is 0 Å². The molecule has 0 aromatic heterocycles. The van der Waals surface area contributed by atoms with Crippen molar-refractivity contribution < 1.29 is 0 Å². The molecule has 0 bridgehead atoms. The molecule has 0 aliphatic heterocycles. The summed E-state index contributed by atoms with van der Waals surface area (Å²) < 4.78 is 0. The summed E-state index contributed by atoms with van der Waals surface area (Å²) >= 11 is 0. The Labute approximate surface area is 95.8 Å². The maximum absolute atomic E-state index is 3.90. The largest absolute Gasteiger partial charge is 0.0988 e. The Hall–Kier alpha value is -0.780. The monoisotopic (exact) mass is 206 g/mol. The Morgan fingerprint density at radius 3 is 1.93 bits per heavy atom. The second-order valence-corrected chi connectivity index (χ2v) is 3.88. The molecule has 0 N–H and O–H groups in total. The first kappa shape index (κ1) is 14.2. The van der Waals surface area contributed by atoms with Crippen molar-refractivity contribution in [3.8, 4) is 0 Å². The van der Waals surface area contributed by atoms with Gasteiger partial charge in [-0.3, -0.25) is 0 Å². The van der Waals surface area contributed by atoms with Crippen molar-refractivity contribution in [3.63, 3.8) is 0 Å². The van der Waals surface area contributed by atoms with E-state index in [9.17, 15) is 0 Å². The van der Waals surface area contributed by atoms with E-state index in [0.717, 1.165) is 5.92 Å². The minimum Gasteiger partial charge on any atom is -0.0988 e. The van der Waals surface area contributed by atoms with Crippen LogP contribution in [0, 0.1) is 5.92 Å². The summed E-state index contributed by atoms with van der Waals surface area (Å²) in [7, 11) is 0. The average molecular weight is 206 g/mol. The summed E-state index contributed by atoms with van der Waals surface area (Å²) in [4.78, 5) is 0. The summed E-state index contributed by atoms with van der Waals surface area (Å²) in [5.41, 5.74) is 2.73. The molecule has 0 unspecified atom stereocenters. The zero-order valence-corrected chi connectivity index (χ0v) is 10.7. The molecule has 1 aliphatic rings. The molecule has 0 aromatic carbocycles. The molecular weight excluding hydrogens is 180 g/mol. The zero-order valence-electron chi connectivity index (χ0n) is 10.7. The van der Waals surface area contributed by atoms with Gasteiger partial charge in [0.2, 0.25) is 0 Å². The highest BCUT2D eigenvalue weighted by Crippen LogP contribution is 2.31. The average Bonchev–Trinajstić information content (AvgIpc) is 2.33. The molecule has 1 aliphatic carbocycles. The van der Waals surface area contributed by atoms with Crippen LogP contribution in [0.3, 0.4) is 0 Å². The standard InChI is InChI=1S/C13H20.C2H6/c1-4-11(3)13(5-2)12-9-7-6-8-10-12;1-2/h4-5,12H,1-2,6-10H2,3H3;1-2H3/b13-11+;. The van der Waals surface area contributed by atoms with Crippen molar-refractivity contribution in [2.45, 2.75) is 52.9 Å². The lowest BCUT2D eigenvalue weighted by atomic mass is 9.82. The lowest BCUT2D eigenvalue weighted by Gasteiger charge is -2.23. The summed E-state index contributed by atoms with van der Waals surface area (Å²) in [6.07, 6.45) is 10.8. The van der Waals surface area contributed by atoms with E-state index in [0.29, 0.717) is 0 Å². The molecule has 0 aromatic rings. The van der Waals surface area contributed by atoms with E-state index < -0.39 is 0 Å². The van der Waals surface area contributed by atoms with Gasteiger partial charge >= 0.3 is 0 Å². The van der Waals surface area contributed by atoms with Crippen LogP contribution in [-0.4, -0.2) is 0 Å². The Bertz CT molecular complexity index is 214. The van der Waals surface area contributed by atoms with Gasteiger partial charge in [0.05, 0.1) is 0 Å². The van der Waals surface area contributed by atoms with Gasteiger partial charge in [-0.1, -0.05) is 58.4 Å². The number of allylic oxidation sites excluding steroid dienone is 4. The van der Waals surface area contributed by atoms with Crippen LogP contribution in [0.4, 0.5) is 0 Å². The summed E-state index contributed by atoms with van der Waals surface area (Å²) in [5, 5.41) is 0. The summed E-state index contributed by atoms with van der Waals surface area (Å²) in [5.74, 6) is 0.754. The molecule has 0 spiro atoms. The third-order valence-corrected chi connectivity index (χ3v) is 3.03. The molecule has 15 heavy (non-hydrogen) atoms. The highest BCUT2D eigenvalue weighted by molar-refractivity contribution is 5.31. The molecule has 1 fully saturated rings. The molecule has 0 radical (unpaired) electrons. The molecule has 1 rings (SSSR count). The normalized spacial score (nSPS) is 18.3. The van der Waals surface area contributed by atoms with Crippen LogP contribution in [0.25, 0.3) is 0 Å². The highest BCUT2D eigenvalue weighted by atomic mass is 14.2. The lowest BCUT2D eigenvalue weighted by molar-refractivity contribution is 0.407. The van der Waals surface area contributed by atoms with Gasteiger partial charge in [-0.2, -0.15) is 0 Å². The Balaban J connectivity index is 0.000000921. The number of hydrogen-bond donors (Lipinski definition) is 0. The lowest BCUT2D eigenvalue weighted by Crippen LogP contribution is -2.08. The van der Waals surface area contributed by atoms with Crippen molar-refractivity contribution in [3.05, 3.63) is 36.5 Å². The van der Waals surface area contributed by atoms with Crippen LogP contribution in [0.15, 0.2) is 36.5 Å². The third-order valence-electron chi connectivity index (χ3n) is 3.03. The van der Waals surface area contributed by atoms with E-state index in [-0.39, 0.29) is 0 Å². The summed E-state index contributed by atoms with van der Waals surface area (Å²) in [6, 6.07) is 0. The maximum Gasteiger partial charge on any atom is -0.0160 e. The van der Waals surface area contributed by atoms with Crippen LogP contribution in [0.2, 0.25) is 0 Å². The van der Waals surface area contributed by atoms with E-state index in [1.165, 1.54) is 43.3 Å². The van der Waals surface area contributed by atoms with Gasteiger partial charge in [-0.05, 0) is 36.8 Å². The Kier molecular flexibility index (Phi) is 8.08. The van der Waals surface area contributed by atoms with Crippen LogP contribution in [0.5, 0.6) is 0 Å². The molecule has 0 atom stereocenters. The predicted octanol–water partition coefficient (Wildman–Crippen LogP) is 5.28. The summed E-state index contributed by atoms with van der Waals surface area (Å²) in [6.45, 7) is 13.9. The number of hydrogen-bond acceptors (Lipinski definition) is 0. The minimum atomic E-state index is 0.754. The quantitative estimate of drug-likeness (QED) is 0.551. The molecule has 0 heteroatoms. The molecule has 86 valence electrons. The molecule has 0 saturated heterocycles. The van der Waals surface area contributed by atoms with Gasteiger partial charge in [0.25, 0.3) is 0 Å². The SMILES string of the molecule is C=C/C(C)=C(\C=C)C1CCCCC1.CC. The van der Waals surface area contributed by atoms with Crippen LogP contribution in [-0.2, 0) is 0 Å². The molecule has 0 heterocycles.